The number of thiophene rings is 1. The molecule has 0 aliphatic rings. The van der Waals surface area contributed by atoms with E-state index in [0.717, 1.165) is 18.0 Å². The summed E-state index contributed by atoms with van der Waals surface area (Å²) in [5, 5.41) is 3.29. The summed E-state index contributed by atoms with van der Waals surface area (Å²) in [6.07, 6.45) is 0. The van der Waals surface area contributed by atoms with Crippen LogP contribution in [0.4, 0.5) is 4.39 Å². The maximum atomic E-state index is 13.4. The smallest absolute Gasteiger partial charge is 0.129 e. The number of rotatable bonds is 6. The molecule has 1 heterocycles. The van der Waals surface area contributed by atoms with Crippen molar-refractivity contribution in [3.63, 3.8) is 0 Å². The van der Waals surface area contributed by atoms with Gasteiger partial charge in [-0.1, -0.05) is 13.0 Å². The minimum Gasteiger partial charge on any atom is -0.488 e. The van der Waals surface area contributed by atoms with Crippen molar-refractivity contribution >= 4 is 11.3 Å². The Balaban J connectivity index is 1.91. The van der Waals surface area contributed by atoms with Crippen LogP contribution >= 0.6 is 11.3 Å². The molecular formula is C15H18FNOS. The second-order valence-electron chi connectivity index (χ2n) is 4.35. The fourth-order valence-electron chi connectivity index (χ4n) is 1.66. The van der Waals surface area contributed by atoms with Crippen molar-refractivity contribution in [3.05, 3.63) is 51.5 Å². The van der Waals surface area contributed by atoms with Gasteiger partial charge in [0.1, 0.15) is 18.2 Å². The number of halogens is 1. The highest BCUT2D eigenvalue weighted by Crippen LogP contribution is 2.21. The summed E-state index contributed by atoms with van der Waals surface area (Å²) >= 11 is 1.72. The molecule has 1 aromatic carbocycles. The fraction of sp³-hybridized carbons (Fsp3) is 0.333. The fourth-order valence-corrected chi connectivity index (χ4v) is 2.56. The highest BCUT2D eigenvalue weighted by molar-refractivity contribution is 7.11. The first-order valence-corrected chi connectivity index (χ1v) is 7.18. The van der Waals surface area contributed by atoms with Crippen molar-refractivity contribution in [1.29, 1.82) is 0 Å². The molecule has 0 fully saturated rings. The Morgan fingerprint density at radius 3 is 2.74 bits per heavy atom. The van der Waals surface area contributed by atoms with Crippen molar-refractivity contribution in [2.75, 3.05) is 6.54 Å². The molecule has 1 N–H and O–H groups in total. The molecule has 2 nitrogen and oxygen atoms in total. The van der Waals surface area contributed by atoms with Crippen LogP contribution in [0, 0.1) is 12.7 Å². The first-order chi connectivity index (χ1) is 9.19. The second kappa shape index (κ2) is 6.68. The number of hydrogen-bond acceptors (Lipinski definition) is 3. The van der Waals surface area contributed by atoms with Gasteiger partial charge in [0, 0.05) is 22.4 Å². The van der Waals surface area contributed by atoms with E-state index in [9.17, 15) is 4.39 Å². The van der Waals surface area contributed by atoms with Gasteiger partial charge in [-0.2, -0.15) is 0 Å². The van der Waals surface area contributed by atoms with Crippen molar-refractivity contribution < 1.29 is 9.13 Å². The van der Waals surface area contributed by atoms with E-state index >= 15 is 0 Å². The zero-order valence-corrected chi connectivity index (χ0v) is 12.0. The van der Waals surface area contributed by atoms with Gasteiger partial charge in [-0.3, -0.25) is 0 Å². The molecule has 0 aliphatic heterocycles. The summed E-state index contributed by atoms with van der Waals surface area (Å²) < 4.78 is 19.0. The van der Waals surface area contributed by atoms with Crippen LogP contribution < -0.4 is 10.1 Å². The van der Waals surface area contributed by atoms with Crippen LogP contribution in [0.1, 0.15) is 22.2 Å². The lowest BCUT2D eigenvalue weighted by Gasteiger charge is -2.05. The van der Waals surface area contributed by atoms with Crippen LogP contribution in [-0.4, -0.2) is 6.54 Å². The van der Waals surface area contributed by atoms with Crippen LogP contribution in [-0.2, 0) is 13.2 Å². The van der Waals surface area contributed by atoms with Crippen molar-refractivity contribution in [2.45, 2.75) is 27.0 Å². The molecule has 2 aromatic rings. The monoisotopic (exact) mass is 279 g/mol. The lowest BCUT2D eigenvalue weighted by Crippen LogP contribution is -2.10. The summed E-state index contributed by atoms with van der Waals surface area (Å²) in [5.41, 5.74) is 0.636. The number of aryl methyl sites for hydroxylation is 1. The standard InChI is InChI=1S/C15H18FNOS/c1-3-17-9-13-6-7-14(19-13)10-18-12-5-4-11(2)15(16)8-12/h4-8,17H,3,9-10H2,1-2H3. The van der Waals surface area contributed by atoms with Crippen molar-refractivity contribution in [2.24, 2.45) is 0 Å². The molecular weight excluding hydrogens is 261 g/mol. The molecule has 0 saturated carbocycles. The summed E-state index contributed by atoms with van der Waals surface area (Å²) in [6.45, 7) is 6.17. The Morgan fingerprint density at radius 1 is 1.21 bits per heavy atom. The molecule has 0 saturated heterocycles. The van der Waals surface area contributed by atoms with E-state index in [2.05, 4.69) is 24.4 Å². The molecule has 0 aliphatic carbocycles. The highest BCUT2D eigenvalue weighted by Gasteiger charge is 2.03. The number of hydrogen-bond donors (Lipinski definition) is 1. The minimum absolute atomic E-state index is 0.225. The molecule has 1 aromatic heterocycles. The van der Waals surface area contributed by atoms with Crippen LogP contribution in [0.25, 0.3) is 0 Å². The van der Waals surface area contributed by atoms with Gasteiger partial charge in [0.25, 0.3) is 0 Å². The topological polar surface area (TPSA) is 21.3 Å². The summed E-state index contributed by atoms with van der Waals surface area (Å²) in [4.78, 5) is 2.43. The minimum atomic E-state index is -0.225. The average Bonchev–Trinajstić information content (AvgIpc) is 2.86. The molecule has 0 atom stereocenters. The molecule has 0 radical (unpaired) electrons. The number of ether oxygens (including phenoxy) is 1. The van der Waals surface area contributed by atoms with Crippen LogP contribution in [0.3, 0.4) is 0 Å². The van der Waals surface area contributed by atoms with Crippen LogP contribution in [0.15, 0.2) is 30.3 Å². The molecule has 0 bridgehead atoms. The van der Waals surface area contributed by atoms with E-state index < -0.39 is 0 Å². The van der Waals surface area contributed by atoms with Crippen LogP contribution in [0.2, 0.25) is 0 Å². The lowest BCUT2D eigenvalue weighted by atomic mass is 10.2. The summed E-state index contributed by atoms with van der Waals surface area (Å²) in [5.74, 6) is 0.348. The molecule has 2 rings (SSSR count). The molecule has 0 unspecified atom stereocenters. The molecule has 0 amide bonds. The van der Waals surface area contributed by atoms with Gasteiger partial charge in [0.2, 0.25) is 0 Å². The lowest BCUT2D eigenvalue weighted by molar-refractivity contribution is 0.308. The third kappa shape index (κ3) is 4.04. The predicted octanol–water partition coefficient (Wildman–Crippen LogP) is 3.88. The van der Waals surface area contributed by atoms with E-state index in [0.29, 0.717) is 17.9 Å². The molecule has 19 heavy (non-hydrogen) atoms. The maximum Gasteiger partial charge on any atom is 0.129 e. The zero-order valence-electron chi connectivity index (χ0n) is 11.2. The molecule has 4 heteroatoms. The van der Waals surface area contributed by atoms with Crippen molar-refractivity contribution in [1.82, 2.24) is 5.32 Å². The van der Waals surface area contributed by atoms with Crippen molar-refractivity contribution in [3.8, 4) is 5.75 Å². The summed E-state index contributed by atoms with van der Waals surface area (Å²) in [7, 11) is 0. The largest absolute Gasteiger partial charge is 0.488 e. The van der Waals surface area contributed by atoms with E-state index in [1.165, 1.54) is 10.9 Å². The van der Waals surface area contributed by atoms with E-state index in [1.807, 2.05) is 0 Å². The Labute approximate surface area is 117 Å². The molecule has 102 valence electrons. The number of benzene rings is 1. The van der Waals surface area contributed by atoms with E-state index in [4.69, 9.17) is 4.74 Å². The highest BCUT2D eigenvalue weighted by atomic mass is 32.1. The van der Waals surface area contributed by atoms with Gasteiger partial charge in [0.15, 0.2) is 0 Å². The third-order valence-electron chi connectivity index (χ3n) is 2.79. The quantitative estimate of drug-likeness (QED) is 0.866. The number of nitrogens with one attached hydrogen (secondary N) is 1. The predicted molar refractivity (Wildman–Crippen MR) is 77.2 cm³/mol. The SMILES string of the molecule is CCNCc1ccc(COc2ccc(C)c(F)c2)s1. The van der Waals surface area contributed by atoms with Gasteiger partial charge >= 0.3 is 0 Å². The normalized spacial score (nSPS) is 10.7. The average molecular weight is 279 g/mol. The van der Waals surface area contributed by atoms with Gasteiger partial charge < -0.3 is 10.1 Å². The van der Waals surface area contributed by atoms with Gasteiger partial charge in [-0.15, -0.1) is 11.3 Å². The van der Waals surface area contributed by atoms with E-state index in [1.54, 1.807) is 30.4 Å². The van der Waals surface area contributed by atoms with Gasteiger partial charge in [-0.25, -0.2) is 4.39 Å². The zero-order chi connectivity index (χ0) is 13.7. The maximum absolute atomic E-state index is 13.4. The van der Waals surface area contributed by atoms with Gasteiger partial charge in [0.05, 0.1) is 0 Å². The first kappa shape index (κ1) is 14.0. The summed E-state index contributed by atoms with van der Waals surface area (Å²) in [6, 6.07) is 9.12. The first-order valence-electron chi connectivity index (χ1n) is 6.36. The third-order valence-corrected chi connectivity index (χ3v) is 3.85. The molecule has 0 spiro atoms. The Bertz CT molecular complexity index is 539. The van der Waals surface area contributed by atoms with Crippen LogP contribution in [0.5, 0.6) is 5.75 Å². The Hall–Kier alpha value is -1.39. The Kier molecular flexibility index (Phi) is 4.93. The Morgan fingerprint density at radius 2 is 2.00 bits per heavy atom. The second-order valence-corrected chi connectivity index (χ2v) is 5.60. The van der Waals surface area contributed by atoms with E-state index in [-0.39, 0.29) is 5.82 Å². The van der Waals surface area contributed by atoms with Gasteiger partial charge in [-0.05, 0) is 37.2 Å².